The van der Waals surface area contributed by atoms with Crippen molar-refractivity contribution in [2.24, 2.45) is 5.73 Å². The van der Waals surface area contributed by atoms with Crippen LogP contribution in [0.2, 0.25) is 0 Å². The maximum Gasteiger partial charge on any atom is 0.326 e. The van der Waals surface area contributed by atoms with Gasteiger partial charge < -0.3 is 46.2 Å². The van der Waals surface area contributed by atoms with Crippen molar-refractivity contribution >= 4 is 35.9 Å². The Morgan fingerprint density at radius 3 is 1.59 bits per heavy atom. The largest absolute Gasteiger partial charge is 0.481 e. The Kier molecular flexibility index (Phi) is 33.2. The molecular weight excluding hydrogens is 660 g/mol. The first-order chi connectivity index (χ1) is 24.6. The molecule has 2 atom stereocenters. The smallest absolute Gasteiger partial charge is 0.326 e. The summed E-state index contributed by atoms with van der Waals surface area (Å²) in [7, 11) is 0. The van der Waals surface area contributed by atoms with Gasteiger partial charge in [-0.25, -0.2) is 4.79 Å². The molecule has 51 heavy (non-hydrogen) atoms. The van der Waals surface area contributed by atoms with E-state index in [0.717, 1.165) is 51.4 Å². The van der Waals surface area contributed by atoms with Crippen LogP contribution in [0.15, 0.2) is 0 Å². The van der Waals surface area contributed by atoms with Crippen molar-refractivity contribution < 1.29 is 48.5 Å². The summed E-state index contributed by atoms with van der Waals surface area (Å²) in [5.41, 5.74) is 5.51. The van der Waals surface area contributed by atoms with Crippen molar-refractivity contribution in [3.63, 3.8) is 0 Å². The second-order valence-electron chi connectivity index (χ2n) is 13.2. The molecule has 7 N–H and O–H groups in total. The van der Waals surface area contributed by atoms with Gasteiger partial charge in [0.2, 0.25) is 17.7 Å². The van der Waals surface area contributed by atoms with E-state index in [1.54, 1.807) is 0 Å². The second kappa shape index (κ2) is 35.3. The number of nitrogens with two attached hydrogens (primary N) is 1. The molecule has 0 aliphatic heterocycles. The molecule has 0 aliphatic rings. The van der Waals surface area contributed by atoms with Crippen LogP contribution in [0.5, 0.6) is 0 Å². The summed E-state index contributed by atoms with van der Waals surface area (Å²) in [5, 5.41) is 26.0. The van der Waals surface area contributed by atoms with Gasteiger partial charge in [0, 0.05) is 32.4 Å². The molecule has 14 heteroatoms. The number of unbranched alkanes of at least 4 members (excludes halogenated alkanes) is 16. The maximum absolute atomic E-state index is 12.3. The Hall–Kier alpha value is -3.10. The minimum atomic E-state index is -1.17. The van der Waals surface area contributed by atoms with Crippen molar-refractivity contribution in [3.05, 3.63) is 0 Å². The summed E-state index contributed by atoms with van der Waals surface area (Å²) in [6, 6.07) is -1.58. The highest BCUT2D eigenvalue weighted by Crippen LogP contribution is 2.14. The van der Waals surface area contributed by atoms with Gasteiger partial charge in [0.25, 0.3) is 0 Å². The molecule has 296 valence electrons. The minimum absolute atomic E-state index is 0.00781. The van der Waals surface area contributed by atoms with E-state index in [9.17, 15) is 33.9 Å². The molecule has 0 saturated heterocycles. The van der Waals surface area contributed by atoms with Gasteiger partial charge in [-0.2, -0.15) is 0 Å². The van der Waals surface area contributed by atoms with E-state index < -0.39 is 24.0 Å². The van der Waals surface area contributed by atoms with Gasteiger partial charge in [0.05, 0.1) is 25.9 Å². The van der Waals surface area contributed by atoms with E-state index in [-0.39, 0.29) is 76.4 Å². The topological polar surface area (TPSA) is 223 Å². The van der Waals surface area contributed by atoms with Crippen LogP contribution in [0.3, 0.4) is 0 Å². The van der Waals surface area contributed by atoms with Gasteiger partial charge >= 0.3 is 11.9 Å². The minimum Gasteiger partial charge on any atom is -0.481 e. The average Bonchev–Trinajstić information content (AvgIpc) is 3.09. The summed E-state index contributed by atoms with van der Waals surface area (Å²) in [5.74, 6) is -2.77. The quantitative estimate of drug-likeness (QED) is 0.0386. The van der Waals surface area contributed by atoms with Crippen molar-refractivity contribution in [2.75, 3.05) is 39.5 Å². The number of amides is 3. The number of aliphatic carboxylic acids is 2. The number of ether oxygens (including phenoxy) is 2. The lowest BCUT2D eigenvalue weighted by atomic mass is 10.0. The second-order valence-corrected chi connectivity index (χ2v) is 13.2. The summed E-state index contributed by atoms with van der Waals surface area (Å²) >= 11 is 0. The average molecular weight is 729 g/mol. The lowest BCUT2D eigenvalue weighted by Gasteiger charge is -2.14. The summed E-state index contributed by atoms with van der Waals surface area (Å²) in [4.78, 5) is 68.7. The molecule has 0 aromatic carbocycles. The predicted octanol–water partition coefficient (Wildman–Crippen LogP) is 4.40. The van der Waals surface area contributed by atoms with Gasteiger partial charge in [-0.3, -0.25) is 19.2 Å². The first-order valence-electron chi connectivity index (χ1n) is 19.3. The van der Waals surface area contributed by atoms with Crippen LogP contribution in [0.25, 0.3) is 0 Å². The molecular formula is C37H68N4O10. The van der Waals surface area contributed by atoms with Crippen LogP contribution in [-0.4, -0.2) is 97.8 Å². The zero-order valence-corrected chi connectivity index (χ0v) is 31.0. The van der Waals surface area contributed by atoms with E-state index in [1.165, 1.54) is 57.8 Å². The van der Waals surface area contributed by atoms with Gasteiger partial charge in [-0.05, 0) is 38.5 Å². The first-order valence-corrected chi connectivity index (χ1v) is 19.3. The van der Waals surface area contributed by atoms with Gasteiger partial charge in [0.1, 0.15) is 18.9 Å². The number of nitrogens with one attached hydrogen (secondary N) is 3. The molecule has 0 radical (unpaired) electrons. The van der Waals surface area contributed by atoms with E-state index in [4.69, 9.17) is 20.3 Å². The third-order valence-electron chi connectivity index (χ3n) is 8.47. The molecule has 0 aromatic rings. The standard InChI is InChI=1S/C37H68N4O10/c38-31(29-42)19-17-18-24-39-35(45)30-51-28-27-50-26-25-40-33(43)23-22-32(37(48)49)41-34(44)20-15-13-11-9-7-5-3-1-2-4-6-8-10-12-14-16-21-36(46)47/h29,31-32H,1-28,30,38H2,(H,39,45)(H,40,43)(H,41,44)(H,46,47)(H,48,49)/t31-,32-/m0/s1. The normalized spacial score (nSPS) is 12.2. The molecule has 0 unspecified atom stereocenters. The first kappa shape index (κ1) is 47.9. The fourth-order valence-corrected chi connectivity index (χ4v) is 5.42. The van der Waals surface area contributed by atoms with Crippen LogP contribution >= 0.6 is 0 Å². The summed E-state index contributed by atoms with van der Waals surface area (Å²) < 4.78 is 10.6. The highest BCUT2D eigenvalue weighted by atomic mass is 16.5. The highest BCUT2D eigenvalue weighted by molar-refractivity contribution is 5.84. The van der Waals surface area contributed by atoms with Crippen LogP contribution in [-0.2, 0) is 38.2 Å². The lowest BCUT2D eigenvalue weighted by molar-refractivity contribution is -0.142. The number of carboxylic acid groups (broad SMARTS) is 2. The fourth-order valence-electron chi connectivity index (χ4n) is 5.42. The number of hydrogen-bond acceptors (Lipinski definition) is 9. The molecule has 0 spiro atoms. The number of rotatable bonds is 38. The van der Waals surface area contributed by atoms with Crippen molar-refractivity contribution in [3.8, 4) is 0 Å². The van der Waals surface area contributed by atoms with Crippen LogP contribution in [0.4, 0.5) is 0 Å². The van der Waals surface area contributed by atoms with Gasteiger partial charge in [0.15, 0.2) is 0 Å². The molecule has 0 aliphatic carbocycles. The number of hydrogen-bond donors (Lipinski definition) is 6. The molecule has 3 amide bonds. The highest BCUT2D eigenvalue weighted by Gasteiger charge is 2.20. The number of aldehydes is 1. The lowest BCUT2D eigenvalue weighted by Crippen LogP contribution is -2.41. The Morgan fingerprint density at radius 1 is 0.549 bits per heavy atom. The Labute approximate surface area is 305 Å². The van der Waals surface area contributed by atoms with Gasteiger partial charge in [-0.1, -0.05) is 89.9 Å². The number of carboxylic acids is 2. The molecule has 0 heterocycles. The molecule has 0 saturated carbocycles. The Balaban J connectivity index is 3.66. The van der Waals surface area contributed by atoms with Gasteiger partial charge in [-0.15, -0.1) is 0 Å². The maximum atomic E-state index is 12.3. The Bertz CT molecular complexity index is 937. The van der Waals surface area contributed by atoms with E-state index in [1.807, 2.05) is 0 Å². The third kappa shape index (κ3) is 35.1. The number of carbonyl (C=O) groups is 6. The van der Waals surface area contributed by atoms with E-state index >= 15 is 0 Å². The zero-order chi connectivity index (χ0) is 37.8. The Morgan fingerprint density at radius 2 is 1.06 bits per heavy atom. The van der Waals surface area contributed by atoms with Crippen molar-refractivity contribution in [2.45, 2.75) is 160 Å². The molecule has 14 nitrogen and oxygen atoms in total. The van der Waals surface area contributed by atoms with E-state index in [2.05, 4.69) is 16.0 Å². The predicted molar refractivity (Wildman–Crippen MR) is 195 cm³/mol. The monoisotopic (exact) mass is 728 g/mol. The molecule has 0 fully saturated rings. The third-order valence-corrected chi connectivity index (χ3v) is 8.47. The van der Waals surface area contributed by atoms with Crippen molar-refractivity contribution in [1.82, 2.24) is 16.0 Å². The van der Waals surface area contributed by atoms with Crippen LogP contribution in [0, 0.1) is 0 Å². The van der Waals surface area contributed by atoms with Crippen LogP contribution < -0.4 is 21.7 Å². The number of carbonyl (C=O) groups excluding carboxylic acids is 4. The molecule has 0 rings (SSSR count). The zero-order valence-electron chi connectivity index (χ0n) is 31.0. The summed E-state index contributed by atoms with van der Waals surface area (Å²) in [6.45, 7) is 1.29. The summed E-state index contributed by atoms with van der Waals surface area (Å²) in [6.07, 6.45) is 21.2. The molecule has 0 bridgehead atoms. The van der Waals surface area contributed by atoms with Crippen LogP contribution in [0.1, 0.15) is 148 Å². The van der Waals surface area contributed by atoms with Crippen molar-refractivity contribution in [1.29, 1.82) is 0 Å². The SMILES string of the molecule is N[C@H](C=O)CCCCNC(=O)COCCOCCNC(=O)CC[C@H](NC(=O)CCCCCCCCCCCCCCCCCCC(=O)O)C(=O)O. The van der Waals surface area contributed by atoms with E-state index in [0.29, 0.717) is 25.7 Å². The fraction of sp³-hybridized carbons (Fsp3) is 0.838. The molecule has 0 aromatic heterocycles.